The largest absolute Gasteiger partial charge is 0.489 e. The van der Waals surface area contributed by atoms with Gasteiger partial charge in [0, 0.05) is 17.3 Å². The van der Waals surface area contributed by atoms with Crippen LogP contribution in [0.1, 0.15) is 44.7 Å². The molecule has 1 saturated carbocycles. The van der Waals surface area contributed by atoms with Crippen LogP contribution in [0, 0.1) is 12.8 Å². The Labute approximate surface area is 135 Å². The third-order valence-corrected chi connectivity index (χ3v) is 5.42. The molecule has 21 heavy (non-hydrogen) atoms. The van der Waals surface area contributed by atoms with Gasteiger partial charge in [0.1, 0.15) is 5.75 Å². The molecule has 2 nitrogen and oxygen atoms in total. The van der Waals surface area contributed by atoms with Crippen molar-refractivity contribution < 1.29 is 4.74 Å². The average molecular weight is 348 g/mol. The maximum absolute atomic E-state index is 6.24. The summed E-state index contributed by atoms with van der Waals surface area (Å²) in [7, 11) is 0. The van der Waals surface area contributed by atoms with Gasteiger partial charge in [0.25, 0.3) is 0 Å². The van der Waals surface area contributed by atoms with E-state index in [0.29, 0.717) is 6.10 Å². The highest BCUT2D eigenvalue weighted by Gasteiger charge is 2.22. The van der Waals surface area contributed by atoms with Crippen molar-refractivity contribution in [2.45, 2.75) is 52.1 Å². The Hall–Kier alpha value is -1.09. The SMILES string of the molecule is CCC1CCC(Oc2ccc3cc(C)ncc3c2Br)CC1. The van der Waals surface area contributed by atoms with E-state index in [0.717, 1.165) is 27.2 Å². The van der Waals surface area contributed by atoms with E-state index in [1.807, 2.05) is 13.1 Å². The molecule has 0 N–H and O–H groups in total. The molecule has 0 atom stereocenters. The minimum atomic E-state index is 0.361. The molecule has 0 bridgehead atoms. The molecule has 1 aromatic heterocycles. The number of nitrogens with zero attached hydrogens (tertiary/aromatic N) is 1. The number of ether oxygens (including phenoxy) is 1. The highest BCUT2D eigenvalue weighted by atomic mass is 79.9. The maximum Gasteiger partial charge on any atom is 0.134 e. The molecule has 1 aliphatic rings. The quantitative estimate of drug-likeness (QED) is 0.715. The number of fused-ring (bicyclic) bond motifs is 1. The van der Waals surface area contributed by atoms with Crippen LogP contribution in [-0.2, 0) is 0 Å². The Kier molecular flexibility index (Phi) is 4.48. The van der Waals surface area contributed by atoms with Gasteiger partial charge in [-0.2, -0.15) is 0 Å². The second-order valence-electron chi connectivity index (χ2n) is 6.09. The number of halogens is 1. The third kappa shape index (κ3) is 3.23. The molecule has 2 aromatic rings. The predicted octanol–water partition coefficient (Wildman–Crippen LogP) is 5.65. The van der Waals surface area contributed by atoms with Gasteiger partial charge < -0.3 is 4.74 Å². The van der Waals surface area contributed by atoms with Gasteiger partial charge in [0.15, 0.2) is 0 Å². The van der Waals surface area contributed by atoms with Crippen molar-refractivity contribution in [3.63, 3.8) is 0 Å². The molecule has 0 radical (unpaired) electrons. The highest BCUT2D eigenvalue weighted by molar-refractivity contribution is 9.10. The van der Waals surface area contributed by atoms with Gasteiger partial charge in [-0.1, -0.05) is 19.4 Å². The zero-order valence-electron chi connectivity index (χ0n) is 12.7. The fourth-order valence-electron chi connectivity index (χ4n) is 3.20. The smallest absolute Gasteiger partial charge is 0.134 e. The van der Waals surface area contributed by atoms with Crippen LogP contribution < -0.4 is 4.74 Å². The molecule has 1 aliphatic carbocycles. The minimum absolute atomic E-state index is 0.361. The maximum atomic E-state index is 6.24. The van der Waals surface area contributed by atoms with E-state index < -0.39 is 0 Å². The van der Waals surface area contributed by atoms with Gasteiger partial charge >= 0.3 is 0 Å². The van der Waals surface area contributed by atoms with Crippen molar-refractivity contribution in [2.24, 2.45) is 5.92 Å². The van der Waals surface area contributed by atoms with E-state index in [-0.39, 0.29) is 0 Å². The Bertz CT molecular complexity index is 632. The zero-order valence-corrected chi connectivity index (χ0v) is 14.3. The molecule has 1 heterocycles. The lowest BCUT2D eigenvalue weighted by molar-refractivity contribution is 0.129. The summed E-state index contributed by atoms with van der Waals surface area (Å²) >= 11 is 3.69. The van der Waals surface area contributed by atoms with Crippen molar-refractivity contribution in [2.75, 3.05) is 0 Å². The van der Waals surface area contributed by atoms with Gasteiger partial charge in [0.2, 0.25) is 0 Å². The first-order valence-corrected chi connectivity index (χ1v) is 8.68. The fraction of sp³-hybridized carbons (Fsp3) is 0.500. The van der Waals surface area contributed by atoms with Gasteiger partial charge in [0.05, 0.1) is 10.6 Å². The number of hydrogen-bond donors (Lipinski definition) is 0. The van der Waals surface area contributed by atoms with E-state index in [4.69, 9.17) is 4.74 Å². The van der Waals surface area contributed by atoms with E-state index in [2.05, 4.69) is 46.0 Å². The monoisotopic (exact) mass is 347 g/mol. The van der Waals surface area contributed by atoms with E-state index >= 15 is 0 Å². The van der Waals surface area contributed by atoms with Crippen molar-refractivity contribution in [3.8, 4) is 5.75 Å². The number of aromatic nitrogens is 1. The summed E-state index contributed by atoms with van der Waals surface area (Å²) in [5.74, 6) is 1.85. The molecule has 112 valence electrons. The Balaban J connectivity index is 1.78. The first kappa shape index (κ1) is 14.8. The summed E-state index contributed by atoms with van der Waals surface area (Å²) in [5, 5.41) is 2.33. The number of aryl methyl sites for hydroxylation is 1. The Morgan fingerprint density at radius 3 is 2.71 bits per heavy atom. The molecule has 0 spiro atoms. The van der Waals surface area contributed by atoms with Crippen LogP contribution in [-0.4, -0.2) is 11.1 Å². The van der Waals surface area contributed by atoms with Crippen LogP contribution >= 0.6 is 15.9 Å². The van der Waals surface area contributed by atoms with Crippen LogP contribution in [0.2, 0.25) is 0 Å². The lowest BCUT2D eigenvalue weighted by Crippen LogP contribution is -2.24. The van der Waals surface area contributed by atoms with Crippen LogP contribution in [0.4, 0.5) is 0 Å². The van der Waals surface area contributed by atoms with Crippen molar-refractivity contribution in [3.05, 3.63) is 34.6 Å². The van der Waals surface area contributed by atoms with Crippen LogP contribution in [0.25, 0.3) is 10.8 Å². The number of benzene rings is 1. The molecule has 1 aromatic carbocycles. The second-order valence-corrected chi connectivity index (χ2v) is 6.89. The van der Waals surface area contributed by atoms with Gasteiger partial charge in [-0.15, -0.1) is 0 Å². The number of pyridine rings is 1. The third-order valence-electron chi connectivity index (χ3n) is 4.60. The predicted molar refractivity (Wildman–Crippen MR) is 90.8 cm³/mol. The molecule has 1 fully saturated rings. The average Bonchev–Trinajstić information content (AvgIpc) is 2.51. The molecule has 0 amide bonds. The number of rotatable bonds is 3. The standard InChI is InChI=1S/C18H22BrNO/c1-3-13-4-7-15(8-5-13)21-17-9-6-14-10-12(2)20-11-16(14)18(17)19/h6,9-11,13,15H,3-5,7-8H2,1-2H3. The molecule has 0 aliphatic heterocycles. The van der Waals surface area contributed by atoms with Gasteiger partial charge in [-0.3, -0.25) is 4.98 Å². The van der Waals surface area contributed by atoms with Crippen molar-refractivity contribution in [1.82, 2.24) is 4.98 Å². The van der Waals surface area contributed by atoms with Gasteiger partial charge in [-0.25, -0.2) is 0 Å². The molecule has 3 rings (SSSR count). The summed E-state index contributed by atoms with van der Waals surface area (Å²) in [6.07, 6.45) is 8.54. The molecule has 0 saturated heterocycles. The normalized spacial score (nSPS) is 22.4. The Morgan fingerprint density at radius 1 is 1.24 bits per heavy atom. The lowest BCUT2D eigenvalue weighted by atomic mass is 9.86. The molecule has 0 unspecified atom stereocenters. The Morgan fingerprint density at radius 2 is 2.00 bits per heavy atom. The van der Waals surface area contributed by atoms with E-state index in [9.17, 15) is 0 Å². The van der Waals surface area contributed by atoms with Gasteiger partial charge in [-0.05, 0) is 72.0 Å². The topological polar surface area (TPSA) is 22.1 Å². The van der Waals surface area contributed by atoms with E-state index in [1.54, 1.807) is 0 Å². The summed E-state index contributed by atoms with van der Waals surface area (Å²) in [6.45, 7) is 4.31. The summed E-state index contributed by atoms with van der Waals surface area (Å²) in [5.41, 5.74) is 1.04. The second kappa shape index (κ2) is 6.35. The summed E-state index contributed by atoms with van der Waals surface area (Å²) in [4.78, 5) is 4.39. The zero-order chi connectivity index (χ0) is 14.8. The number of hydrogen-bond acceptors (Lipinski definition) is 2. The minimum Gasteiger partial charge on any atom is -0.489 e. The van der Waals surface area contributed by atoms with E-state index in [1.165, 1.54) is 37.5 Å². The summed E-state index contributed by atoms with van der Waals surface area (Å²) in [6, 6.07) is 6.32. The first-order valence-electron chi connectivity index (χ1n) is 7.89. The lowest BCUT2D eigenvalue weighted by Gasteiger charge is -2.28. The van der Waals surface area contributed by atoms with Crippen LogP contribution in [0.3, 0.4) is 0 Å². The molecule has 3 heteroatoms. The fourth-order valence-corrected chi connectivity index (χ4v) is 3.76. The van der Waals surface area contributed by atoms with Crippen molar-refractivity contribution >= 4 is 26.7 Å². The first-order chi connectivity index (χ1) is 10.2. The van der Waals surface area contributed by atoms with Crippen LogP contribution in [0.5, 0.6) is 5.75 Å². The highest BCUT2D eigenvalue weighted by Crippen LogP contribution is 2.36. The summed E-state index contributed by atoms with van der Waals surface area (Å²) < 4.78 is 7.28. The molecular formula is C18H22BrNO. The van der Waals surface area contributed by atoms with Crippen LogP contribution in [0.15, 0.2) is 28.9 Å². The van der Waals surface area contributed by atoms with Crippen molar-refractivity contribution in [1.29, 1.82) is 0 Å². The molecular weight excluding hydrogens is 326 g/mol.